The highest BCUT2D eigenvalue weighted by molar-refractivity contribution is 5.78. The highest BCUT2D eigenvalue weighted by Crippen LogP contribution is 2.15. The molecule has 0 aliphatic heterocycles. The van der Waals surface area contributed by atoms with Crippen molar-refractivity contribution >= 4 is 16.6 Å². The Labute approximate surface area is 115 Å². The van der Waals surface area contributed by atoms with Gasteiger partial charge >= 0.3 is 0 Å². The molecule has 0 fully saturated rings. The number of nitrogens with zero attached hydrogens (tertiary/aromatic N) is 1. The first kappa shape index (κ1) is 12.4. The van der Waals surface area contributed by atoms with E-state index in [2.05, 4.69) is 0 Å². The van der Waals surface area contributed by atoms with Crippen LogP contribution in [0.5, 0.6) is 0 Å². The number of anilines is 1. The van der Waals surface area contributed by atoms with Gasteiger partial charge in [-0.3, -0.25) is 4.79 Å². The summed E-state index contributed by atoms with van der Waals surface area (Å²) in [5.41, 5.74) is 7.61. The summed E-state index contributed by atoms with van der Waals surface area (Å²) in [6.45, 7) is 0.461. The molecule has 0 atom stereocenters. The van der Waals surface area contributed by atoms with E-state index in [1.165, 1.54) is 18.2 Å². The van der Waals surface area contributed by atoms with Crippen molar-refractivity contribution in [1.29, 1.82) is 0 Å². The van der Waals surface area contributed by atoms with E-state index in [-0.39, 0.29) is 11.2 Å². The van der Waals surface area contributed by atoms with Crippen LogP contribution in [-0.2, 0) is 6.54 Å². The summed E-state index contributed by atoms with van der Waals surface area (Å²) in [6.07, 6.45) is 1.71. The summed E-state index contributed by atoms with van der Waals surface area (Å²) in [7, 11) is 0. The van der Waals surface area contributed by atoms with Gasteiger partial charge in [-0.25, -0.2) is 4.39 Å². The average molecular weight is 268 g/mol. The largest absolute Gasteiger partial charge is 0.399 e. The van der Waals surface area contributed by atoms with Crippen molar-refractivity contribution < 1.29 is 4.39 Å². The topological polar surface area (TPSA) is 48.0 Å². The fourth-order valence-electron chi connectivity index (χ4n) is 2.36. The van der Waals surface area contributed by atoms with Crippen LogP contribution < -0.4 is 11.2 Å². The van der Waals surface area contributed by atoms with Crippen LogP contribution in [0.4, 0.5) is 10.1 Å². The predicted octanol–water partition coefficient (Wildman–Crippen LogP) is 2.77. The second-order valence-corrected chi connectivity index (χ2v) is 4.72. The molecule has 3 nitrogen and oxygen atoms in total. The zero-order valence-electron chi connectivity index (χ0n) is 10.7. The van der Waals surface area contributed by atoms with Crippen LogP contribution in [0.25, 0.3) is 10.9 Å². The fraction of sp³-hybridized carbons (Fsp3) is 0.0625. The Hall–Kier alpha value is -2.62. The summed E-state index contributed by atoms with van der Waals surface area (Å²) in [6, 6.07) is 13.3. The van der Waals surface area contributed by atoms with E-state index in [1.807, 2.05) is 22.8 Å². The normalized spacial score (nSPS) is 10.8. The third-order valence-electron chi connectivity index (χ3n) is 3.22. The highest BCUT2D eigenvalue weighted by Gasteiger charge is 2.04. The standard InChI is InChI=1S/C16H13FN2O/c17-12-7-11(8-13(18)9-12)10-19-6-5-16(20)14-3-1-2-4-15(14)19/h1-9H,10,18H2. The van der Waals surface area contributed by atoms with Crippen molar-refractivity contribution in [3.63, 3.8) is 0 Å². The number of hydrogen-bond donors (Lipinski definition) is 1. The summed E-state index contributed by atoms with van der Waals surface area (Å²) in [4.78, 5) is 11.8. The molecule has 3 aromatic rings. The Morgan fingerprint density at radius 1 is 1.10 bits per heavy atom. The number of fused-ring (bicyclic) bond motifs is 1. The van der Waals surface area contributed by atoms with E-state index in [1.54, 1.807) is 18.3 Å². The number of halogens is 1. The van der Waals surface area contributed by atoms with Gasteiger partial charge in [-0.2, -0.15) is 0 Å². The second-order valence-electron chi connectivity index (χ2n) is 4.72. The third-order valence-corrected chi connectivity index (χ3v) is 3.22. The molecule has 4 heteroatoms. The van der Waals surface area contributed by atoms with Crippen molar-refractivity contribution in [2.45, 2.75) is 6.54 Å². The van der Waals surface area contributed by atoms with E-state index in [0.717, 1.165) is 11.1 Å². The van der Waals surface area contributed by atoms with Gasteiger partial charge in [0.05, 0.1) is 5.52 Å². The molecule has 3 rings (SSSR count). The number of aromatic nitrogens is 1. The molecule has 0 saturated carbocycles. The summed E-state index contributed by atoms with van der Waals surface area (Å²) < 4.78 is 15.3. The number of rotatable bonds is 2. The molecule has 0 amide bonds. The molecule has 2 aromatic carbocycles. The van der Waals surface area contributed by atoms with Crippen molar-refractivity contribution in [3.8, 4) is 0 Å². The third kappa shape index (κ3) is 2.28. The van der Waals surface area contributed by atoms with Gasteiger partial charge in [0, 0.05) is 29.9 Å². The Morgan fingerprint density at radius 3 is 2.70 bits per heavy atom. The van der Waals surface area contributed by atoms with Crippen LogP contribution in [0.2, 0.25) is 0 Å². The first-order chi connectivity index (χ1) is 9.63. The molecule has 0 aliphatic carbocycles. The van der Waals surface area contributed by atoms with E-state index in [0.29, 0.717) is 17.6 Å². The van der Waals surface area contributed by atoms with E-state index in [4.69, 9.17) is 5.73 Å². The van der Waals surface area contributed by atoms with E-state index < -0.39 is 0 Å². The van der Waals surface area contributed by atoms with Crippen LogP contribution in [-0.4, -0.2) is 4.57 Å². The second kappa shape index (κ2) is 4.81. The molecule has 0 aliphatic rings. The number of pyridine rings is 1. The molecule has 1 aromatic heterocycles. The molecule has 0 saturated heterocycles. The Morgan fingerprint density at radius 2 is 1.90 bits per heavy atom. The van der Waals surface area contributed by atoms with Gasteiger partial charge in [0.15, 0.2) is 5.43 Å². The molecule has 0 unspecified atom stereocenters. The van der Waals surface area contributed by atoms with Gasteiger partial charge in [0.1, 0.15) is 5.82 Å². The number of para-hydroxylation sites is 1. The fourth-order valence-corrected chi connectivity index (χ4v) is 2.36. The molecule has 0 bridgehead atoms. The van der Waals surface area contributed by atoms with Gasteiger partial charge in [0.25, 0.3) is 0 Å². The van der Waals surface area contributed by atoms with Gasteiger partial charge in [-0.15, -0.1) is 0 Å². The van der Waals surface area contributed by atoms with E-state index >= 15 is 0 Å². The summed E-state index contributed by atoms with van der Waals surface area (Å²) >= 11 is 0. The number of benzene rings is 2. The van der Waals surface area contributed by atoms with Crippen molar-refractivity contribution in [2.75, 3.05) is 5.73 Å². The van der Waals surface area contributed by atoms with Crippen LogP contribution in [0, 0.1) is 5.82 Å². The molecule has 0 radical (unpaired) electrons. The van der Waals surface area contributed by atoms with Gasteiger partial charge in [0.2, 0.25) is 0 Å². The maximum absolute atomic E-state index is 13.4. The molecule has 2 N–H and O–H groups in total. The quantitative estimate of drug-likeness (QED) is 0.726. The molecule has 100 valence electrons. The SMILES string of the molecule is Nc1cc(F)cc(Cn2ccc(=O)c3ccccc32)c1. The maximum Gasteiger partial charge on any atom is 0.189 e. The number of nitrogens with two attached hydrogens (primary N) is 1. The Kier molecular flexibility index (Phi) is 2.99. The first-order valence-corrected chi connectivity index (χ1v) is 6.26. The molecule has 20 heavy (non-hydrogen) atoms. The van der Waals surface area contributed by atoms with Crippen molar-refractivity contribution in [1.82, 2.24) is 4.57 Å². The van der Waals surface area contributed by atoms with Gasteiger partial charge < -0.3 is 10.3 Å². The molecular formula is C16H13FN2O. The smallest absolute Gasteiger partial charge is 0.189 e. The first-order valence-electron chi connectivity index (χ1n) is 6.26. The zero-order valence-corrected chi connectivity index (χ0v) is 10.7. The minimum Gasteiger partial charge on any atom is -0.399 e. The van der Waals surface area contributed by atoms with Gasteiger partial charge in [-0.05, 0) is 35.9 Å². The number of nitrogen functional groups attached to an aromatic ring is 1. The average Bonchev–Trinajstić information content (AvgIpc) is 2.41. The van der Waals surface area contributed by atoms with Crippen LogP contribution in [0.1, 0.15) is 5.56 Å². The molecule has 0 spiro atoms. The van der Waals surface area contributed by atoms with Crippen LogP contribution >= 0.6 is 0 Å². The zero-order chi connectivity index (χ0) is 14.1. The summed E-state index contributed by atoms with van der Waals surface area (Å²) in [5.74, 6) is -0.356. The predicted molar refractivity (Wildman–Crippen MR) is 78.1 cm³/mol. The lowest BCUT2D eigenvalue weighted by atomic mass is 10.1. The lowest BCUT2D eigenvalue weighted by molar-refractivity contribution is 0.624. The molecule has 1 heterocycles. The van der Waals surface area contributed by atoms with E-state index in [9.17, 15) is 9.18 Å². The lowest BCUT2D eigenvalue weighted by Gasteiger charge is -2.11. The highest BCUT2D eigenvalue weighted by atomic mass is 19.1. The Bertz CT molecular complexity index is 819. The maximum atomic E-state index is 13.4. The van der Waals surface area contributed by atoms with Gasteiger partial charge in [-0.1, -0.05) is 12.1 Å². The van der Waals surface area contributed by atoms with Crippen molar-refractivity contribution in [3.05, 3.63) is 76.3 Å². The van der Waals surface area contributed by atoms with Crippen LogP contribution in [0.3, 0.4) is 0 Å². The monoisotopic (exact) mass is 268 g/mol. The Balaban J connectivity index is 2.11. The minimum absolute atomic E-state index is 0.0180. The minimum atomic E-state index is -0.356. The number of hydrogen-bond acceptors (Lipinski definition) is 2. The lowest BCUT2D eigenvalue weighted by Crippen LogP contribution is -2.09. The van der Waals surface area contributed by atoms with Crippen molar-refractivity contribution in [2.24, 2.45) is 0 Å². The van der Waals surface area contributed by atoms with Crippen LogP contribution in [0.15, 0.2) is 59.5 Å². The molecular weight excluding hydrogens is 255 g/mol. The summed E-state index contributed by atoms with van der Waals surface area (Å²) in [5, 5.41) is 0.652.